The van der Waals surface area contributed by atoms with Gasteiger partial charge < -0.3 is 5.73 Å². The van der Waals surface area contributed by atoms with Crippen LogP contribution < -0.4 is 5.73 Å². The molecule has 3 atom stereocenters. The van der Waals surface area contributed by atoms with Gasteiger partial charge in [-0.2, -0.15) is 0 Å². The summed E-state index contributed by atoms with van der Waals surface area (Å²) in [5.41, 5.74) is 9.00. The minimum Gasteiger partial charge on any atom is -0.327 e. The highest BCUT2D eigenvalue weighted by Crippen LogP contribution is 2.41. The predicted octanol–water partition coefficient (Wildman–Crippen LogP) is 4.47. The average molecular weight is 277 g/mol. The van der Waals surface area contributed by atoms with E-state index in [4.69, 9.17) is 5.73 Å². The molecule has 0 spiro atoms. The van der Waals surface area contributed by atoms with Crippen LogP contribution in [-0.2, 0) is 6.42 Å². The van der Waals surface area contributed by atoms with E-state index >= 15 is 0 Å². The van der Waals surface area contributed by atoms with Crippen molar-refractivity contribution in [3.05, 3.63) is 35.1 Å². The maximum atomic E-state index is 13.2. The molecule has 2 N–H and O–H groups in total. The fourth-order valence-electron chi connectivity index (χ4n) is 3.48. The van der Waals surface area contributed by atoms with Crippen LogP contribution in [-0.4, -0.2) is 6.04 Å². The second-order valence-electron chi connectivity index (χ2n) is 7.57. The first-order valence-electron chi connectivity index (χ1n) is 7.78. The van der Waals surface area contributed by atoms with Crippen LogP contribution in [0.4, 0.5) is 4.39 Å². The lowest BCUT2D eigenvalue weighted by molar-refractivity contribution is 0.126. The Hall–Kier alpha value is -0.890. The summed E-state index contributed by atoms with van der Waals surface area (Å²) in [5.74, 6) is 1.12. The van der Waals surface area contributed by atoms with Gasteiger partial charge in [0.2, 0.25) is 0 Å². The summed E-state index contributed by atoms with van der Waals surface area (Å²) in [5, 5.41) is 0. The summed E-state index contributed by atoms with van der Waals surface area (Å²) < 4.78 is 13.2. The maximum absolute atomic E-state index is 13.2. The molecule has 0 aromatic heterocycles. The maximum Gasteiger partial charge on any atom is 0.123 e. The third-order valence-electron chi connectivity index (χ3n) is 5.05. The van der Waals surface area contributed by atoms with Crippen LogP contribution in [0.5, 0.6) is 0 Å². The number of hydrogen-bond acceptors (Lipinski definition) is 1. The zero-order valence-electron chi connectivity index (χ0n) is 13.2. The largest absolute Gasteiger partial charge is 0.327 e. The third-order valence-corrected chi connectivity index (χ3v) is 5.05. The molecule has 0 saturated heterocycles. The van der Waals surface area contributed by atoms with E-state index in [0.717, 1.165) is 24.3 Å². The zero-order valence-corrected chi connectivity index (χ0v) is 13.2. The minimum atomic E-state index is -0.147. The molecule has 0 bridgehead atoms. The molecule has 112 valence electrons. The lowest BCUT2D eigenvalue weighted by Gasteiger charge is -2.41. The monoisotopic (exact) mass is 277 g/mol. The summed E-state index contributed by atoms with van der Waals surface area (Å²) >= 11 is 0. The first-order valence-corrected chi connectivity index (χ1v) is 7.78. The van der Waals surface area contributed by atoms with E-state index < -0.39 is 0 Å². The number of rotatable bonds is 2. The molecule has 0 aliphatic heterocycles. The van der Waals surface area contributed by atoms with Crippen LogP contribution >= 0.6 is 0 Å². The number of benzene rings is 1. The van der Waals surface area contributed by atoms with Gasteiger partial charge in [-0.15, -0.1) is 0 Å². The Bertz CT molecular complexity index is 461. The molecule has 0 heterocycles. The molecule has 1 aromatic rings. The molecule has 1 aliphatic rings. The Kier molecular flexibility index (Phi) is 4.53. The van der Waals surface area contributed by atoms with Gasteiger partial charge in [-0.3, -0.25) is 0 Å². The fraction of sp³-hybridized carbons (Fsp3) is 0.667. The van der Waals surface area contributed by atoms with Crippen molar-refractivity contribution in [3.63, 3.8) is 0 Å². The second kappa shape index (κ2) is 5.85. The Morgan fingerprint density at radius 2 is 1.95 bits per heavy atom. The smallest absolute Gasteiger partial charge is 0.123 e. The number of aryl methyl sites for hydroxylation is 1. The lowest BCUT2D eigenvalue weighted by atomic mass is 9.66. The summed E-state index contributed by atoms with van der Waals surface area (Å²) in [7, 11) is 0. The SMILES string of the molecule is Cc1cc(F)ccc1CC1CC(C(C)(C)C)CCC1N. The van der Waals surface area contributed by atoms with Crippen molar-refractivity contribution < 1.29 is 4.39 Å². The minimum absolute atomic E-state index is 0.147. The summed E-state index contributed by atoms with van der Waals surface area (Å²) in [6.07, 6.45) is 4.54. The van der Waals surface area contributed by atoms with E-state index in [-0.39, 0.29) is 11.9 Å². The van der Waals surface area contributed by atoms with Crippen LogP contribution in [0.2, 0.25) is 0 Å². The van der Waals surface area contributed by atoms with E-state index in [9.17, 15) is 4.39 Å². The van der Waals surface area contributed by atoms with E-state index in [0.29, 0.717) is 11.3 Å². The van der Waals surface area contributed by atoms with Crippen molar-refractivity contribution in [2.75, 3.05) is 0 Å². The molecule has 20 heavy (non-hydrogen) atoms. The van der Waals surface area contributed by atoms with Crippen LogP contribution in [0, 0.1) is 30.0 Å². The molecule has 1 saturated carbocycles. The van der Waals surface area contributed by atoms with Gasteiger partial charge in [0.15, 0.2) is 0 Å². The number of nitrogens with two attached hydrogens (primary N) is 1. The summed E-state index contributed by atoms with van der Waals surface area (Å²) in [6, 6.07) is 5.42. The van der Waals surface area contributed by atoms with Crippen molar-refractivity contribution in [3.8, 4) is 0 Å². The predicted molar refractivity (Wildman–Crippen MR) is 83.1 cm³/mol. The van der Waals surface area contributed by atoms with Crippen LogP contribution in [0.25, 0.3) is 0 Å². The van der Waals surface area contributed by atoms with Gasteiger partial charge in [-0.05, 0) is 73.1 Å². The van der Waals surface area contributed by atoms with Crippen LogP contribution in [0.15, 0.2) is 18.2 Å². The summed E-state index contributed by atoms with van der Waals surface area (Å²) in [4.78, 5) is 0. The van der Waals surface area contributed by atoms with E-state index in [1.54, 1.807) is 12.1 Å². The number of halogens is 1. The molecule has 0 radical (unpaired) electrons. The normalized spacial score (nSPS) is 27.6. The van der Waals surface area contributed by atoms with Crippen LogP contribution in [0.1, 0.15) is 51.2 Å². The van der Waals surface area contributed by atoms with Crippen molar-refractivity contribution in [1.29, 1.82) is 0 Å². The zero-order chi connectivity index (χ0) is 14.9. The quantitative estimate of drug-likeness (QED) is 0.848. The molecular weight excluding hydrogens is 249 g/mol. The Balaban J connectivity index is 2.10. The molecule has 2 heteroatoms. The standard InChI is InChI=1S/C18H28FN/c1-12-9-16(19)7-5-13(12)10-14-11-15(18(2,3)4)6-8-17(14)20/h5,7,9,14-15,17H,6,8,10-11,20H2,1-4H3. The highest BCUT2D eigenvalue weighted by Gasteiger charge is 2.34. The van der Waals surface area contributed by atoms with E-state index in [2.05, 4.69) is 20.8 Å². The van der Waals surface area contributed by atoms with Gasteiger partial charge >= 0.3 is 0 Å². The van der Waals surface area contributed by atoms with E-state index in [1.807, 2.05) is 13.0 Å². The van der Waals surface area contributed by atoms with Gasteiger partial charge in [0.05, 0.1) is 0 Å². The molecule has 1 aliphatic carbocycles. The van der Waals surface area contributed by atoms with Gasteiger partial charge in [0, 0.05) is 6.04 Å². The van der Waals surface area contributed by atoms with Crippen molar-refractivity contribution in [2.24, 2.45) is 23.0 Å². The average Bonchev–Trinajstić information content (AvgIpc) is 2.33. The highest BCUT2D eigenvalue weighted by molar-refractivity contribution is 5.27. The van der Waals surface area contributed by atoms with Crippen molar-refractivity contribution in [2.45, 2.75) is 59.4 Å². The Labute approximate surface area is 122 Å². The third kappa shape index (κ3) is 3.60. The van der Waals surface area contributed by atoms with Gasteiger partial charge in [-0.25, -0.2) is 4.39 Å². The molecule has 1 nitrogen and oxygen atoms in total. The Morgan fingerprint density at radius 3 is 2.55 bits per heavy atom. The second-order valence-corrected chi connectivity index (χ2v) is 7.57. The first-order chi connectivity index (χ1) is 9.27. The molecular formula is C18H28FN. The summed E-state index contributed by atoms with van der Waals surface area (Å²) in [6.45, 7) is 8.98. The molecule has 3 unspecified atom stereocenters. The van der Waals surface area contributed by atoms with Crippen LogP contribution in [0.3, 0.4) is 0 Å². The Morgan fingerprint density at radius 1 is 1.25 bits per heavy atom. The van der Waals surface area contributed by atoms with E-state index in [1.165, 1.54) is 18.4 Å². The highest BCUT2D eigenvalue weighted by atomic mass is 19.1. The van der Waals surface area contributed by atoms with Gasteiger partial charge in [0.1, 0.15) is 5.82 Å². The molecule has 1 aromatic carbocycles. The fourth-order valence-corrected chi connectivity index (χ4v) is 3.48. The number of hydrogen-bond donors (Lipinski definition) is 1. The topological polar surface area (TPSA) is 26.0 Å². The first kappa shape index (κ1) is 15.5. The molecule has 1 fully saturated rings. The van der Waals surface area contributed by atoms with Crippen molar-refractivity contribution in [1.82, 2.24) is 0 Å². The molecule has 2 rings (SSSR count). The van der Waals surface area contributed by atoms with Gasteiger partial charge in [0.25, 0.3) is 0 Å². The molecule has 0 amide bonds. The lowest BCUT2D eigenvalue weighted by Crippen LogP contribution is -2.40. The van der Waals surface area contributed by atoms with Crippen molar-refractivity contribution >= 4 is 0 Å². The van der Waals surface area contributed by atoms with Gasteiger partial charge in [-0.1, -0.05) is 26.8 Å².